The summed E-state index contributed by atoms with van der Waals surface area (Å²) in [6, 6.07) is 23.7. The normalized spacial score (nSPS) is 11.0. The molecule has 3 heteroatoms. The van der Waals surface area contributed by atoms with Crippen molar-refractivity contribution in [2.75, 3.05) is 0 Å². The van der Waals surface area contributed by atoms with Crippen LogP contribution in [0.4, 0.5) is 0 Å². The van der Waals surface area contributed by atoms with Crippen molar-refractivity contribution in [3.05, 3.63) is 84.2 Å². The third kappa shape index (κ3) is 3.01. The van der Waals surface area contributed by atoms with Crippen molar-refractivity contribution >= 4 is 27.6 Å². The van der Waals surface area contributed by atoms with Crippen LogP contribution in [0.3, 0.4) is 0 Å². The summed E-state index contributed by atoms with van der Waals surface area (Å²) in [6.45, 7) is 0. The second kappa shape index (κ2) is 6.20. The first-order chi connectivity index (χ1) is 11.8. The summed E-state index contributed by atoms with van der Waals surface area (Å²) in [6.07, 6.45) is 0.665. The maximum atomic E-state index is 12.4. The second-order valence-corrected chi connectivity index (χ2v) is 5.88. The Bertz CT molecular complexity index is 957. The predicted octanol–water partition coefficient (Wildman–Crippen LogP) is 4.14. The maximum absolute atomic E-state index is 12.4. The zero-order valence-electron chi connectivity index (χ0n) is 13.1. The van der Waals surface area contributed by atoms with Gasteiger partial charge in [-0.25, -0.2) is 0 Å². The number of ketones is 1. The first-order valence-corrected chi connectivity index (χ1v) is 7.99. The van der Waals surface area contributed by atoms with Gasteiger partial charge in [-0.2, -0.15) is 0 Å². The number of carbonyl (C=O) groups excluding carboxylic acids is 1. The van der Waals surface area contributed by atoms with E-state index in [1.54, 1.807) is 0 Å². The number of rotatable bonds is 4. The van der Waals surface area contributed by atoms with Gasteiger partial charge >= 0.3 is 0 Å². The topological polar surface area (TPSA) is 42.9 Å². The SMILES string of the molecule is O=C(Cc1ccc2ccccc2n1)Cc1ccc2ccccc2n1. The molecule has 4 aromatic rings. The molecule has 0 amide bonds. The van der Waals surface area contributed by atoms with Crippen LogP contribution in [-0.4, -0.2) is 15.8 Å². The van der Waals surface area contributed by atoms with Crippen LogP contribution in [0.15, 0.2) is 72.8 Å². The molecule has 116 valence electrons. The molecule has 4 rings (SSSR count). The van der Waals surface area contributed by atoms with Gasteiger partial charge in [0.1, 0.15) is 5.78 Å². The Balaban J connectivity index is 1.52. The summed E-state index contributed by atoms with van der Waals surface area (Å²) in [5.74, 6) is 0.126. The van der Waals surface area contributed by atoms with E-state index in [0.717, 1.165) is 33.2 Å². The smallest absolute Gasteiger partial charge is 0.144 e. The van der Waals surface area contributed by atoms with E-state index in [4.69, 9.17) is 0 Å². The van der Waals surface area contributed by atoms with Gasteiger partial charge in [-0.1, -0.05) is 48.5 Å². The van der Waals surface area contributed by atoms with Gasteiger partial charge in [0.15, 0.2) is 0 Å². The third-order valence-corrected chi connectivity index (χ3v) is 4.07. The molecule has 24 heavy (non-hydrogen) atoms. The van der Waals surface area contributed by atoms with Crippen LogP contribution in [0.25, 0.3) is 21.8 Å². The molecule has 2 heterocycles. The van der Waals surface area contributed by atoms with Crippen molar-refractivity contribution < 1.29 is 4.79 Å². The Morgan fingerprint density at radius 3 is 1.58 bits per heavy atom. The lowest BCUT2D eigenvalue weighted by Gasteiger charge is -2.04. The molecule has 0 aliphatic heterocycles. The van der Waals surface area contributed by atoms with E-state index >= 15 is 0 Å². The summed E-state index contributed by atoms with van der Waals surface area (Å²) >= 11 is 0. The summed E-state index contributed by atoms with van der Waals surface area (Å²) in [4.78, 5) is 21.5. The molecular formula is C21H16N2O. The molecule has 0 aliphatic rings. The molecule has 3 nitrogen and oxygen atoms in total. The minimum atomic E-state index is 0.126. The highest BCUT2D eigenvalue weighted by atomic mass is 16.1. The van der Waals surface area contributed by atoms with Crippen molar-refractivity contribution in [2.24, 2.45) is 0 Å². The molecule has 0 N–H and O–H groups in total. The number of para-hydroxylation sites is 2. The number of aromatic nitrogens is 2. The van der Waals surface area contributed by atoms with E-state index < -0.39 is 0 Å². The molecule has 2 aromatic heterocycles. The number of fused-ring (bicyclic) bond motifs is 2. The Morgan fingerprint density at radius 1 is 0.625 bits per heavy atom. The number of nitrogens with zero attached hydrogens (tertiary/aromatic N) is 2. The lowest BCUT2D eigenvalue weighted by atomic mass is 10.1. The third-order valence-electron chi connectivity index (χ3n) is 4.07. The predicted molar refractivity (Wildman–Crippen MR) is 95.9 cm³/mol. The van der Waals surface area contributed by atoms with Gasteiger partial charge in [-0.3, -0.25) is 14.8 Å². The lowest BCUT2D eigenvalue weighted by molar-refractivity contribution is -0.117. The standard InChI is InChI=1S/C21H16N2O/c24-19(13-17-11-9-15-5-1-3-7-20(15)22-17)14-18-12-10-16-6-2-4-8-21(16)23-18/h1-12H,13-14H2. The number of benzene rings is 2. The number of pyridine rings is 2. The first-order valence-electron chi connectivity index (χ1n) is 7.99. The lowest BCUT2D eigenvalue weighted by Crippen LogP contribution is -2.09. The van der Waals surface area contributed by atoms with Gasteiger partial charge < -0.3 is 0 Å². The van der Waals surface area contributed by atoms with Crippen LogP contribution in [0.1, 0.15) is 11.4 Å². The van der Waals surface area contributed by atoms with Crippen molar-refractivity contribution in [3.8, 4) is 0 Å². The van der Waals surface area contributed by atoms with E-state index in [1.165, 1.54) is 0 Å². The molecule has 0 atom stereocenters. The van der Waals surface area contributed by atoms with Crippen LogP contribution >= 0.6 is 0 Å². The highest BCUT2D eigenvalue weighted by Crippen LogP contribution is 2.14. The highest BCUT2D eigenvalue weighted by molar-refractivity contribution is 5.85. The van der Waals surface area contributed by atoms with Crippen molar-refractivity contribution in [1.29, 1.82) is 0 Å². The van der Waals surface area contributed by atoms with Crippen LogP contribution in [0, 0.1) is 0 Å². The average Bonchev–Trinajstić information content (AvgIpc) is 2.61. The largest absolute Gasteiger partial charge is 0.299 e. The van der Waals surface area contributed by atoms with E-state index in [-0.39, 0.29) is 5.78 Å². The Morgan fingerprint density at radius 2 is 1.08 bits per heavy atom. The molecule has 0 spiro atoms. The van der Waals surface area contributed by atoms with Crippen LogP contribution in [-0.2, 0) is 17.6 Å². The van der Waals surface area contributed by atoms with Crippen molar-refractivity contribution in [3.63, 3.8) is 0 Å². The fourth-order valence-electron chi connectivity index (χ4n) is 2.88. The van der Waals surface area contributed by atoms with E-state index in [0.29, 0.717) is 12.8 Å². The highest BCUT2D eigenvalue weighted by Gasteiger charge is 2.08. The zero-order chi connectivity index (χ0) is 16.4. The summed E-state index contributed by atoms with van der Waals surface area (Å²) in [5.41, 5.74) is 3.46. The van der Waals surface area contributed by atoms with Crippen LogP contribution in [0.5, 0.6) is 0 Å². The molecule has 2 aromatic carbocycles. The molecule has 0 bridgehead atoms. The minimum Gasteiger partial charge on any atom is -0.299 e. The van der Waals surface area contributed by atoms with E-state index in [1.807, 2.05) is 72.8 Å². The fourth-order valence-corrected chi connectivity index (χ4v) is 2.88. The molecule has 0 unspecified atom stereocenters. The summed E-state index contributed by atoms with van der Waals surface area (Å²) in [7, 11) is 0. The zero-order valence-corrected chi connectivity index (χ0v) is 13.1. The summed E-state index contributed by atoms with van der Waals surface area (Å²) < 4.78 is 0. The van der Waals surface area contributed by atoms with Gasteiger partial charge in [0, 0.05) is 35.0 Å². The van der Waals surface area contributed by atoms with Gasteiger partial charge in [0.05, 0.1) is 11.0 Å². The monoisotopic (exact) mass is 312 g/mol. The number of hydrogen-bond acceptors (Lipinski definition) is 3. The molecular weight excluding hydrogens is 296 g/mol. The van der Waals surface area contributed by atoms with Gasteiger partial charge in [-0.15, -0.1) is 0 Å². The molecule has 0 aliphatic carbocycles. The Hall–Kier alpha value is -3.07. The minimum absolute atomic E-state index is 0.126. The fraction of sp³-hybridized carbons (Fsp3) is 0.0952. The molecule has 0 radical (unpaired) electrons. The van der Waals surface area contributed by atoms with Crippen molar-refractivity contribution in [1.82, 2.24) is 9.97 Å². The maximum Gasteiger partial charge on any atom is 0.144 e. The van der Waals surface area contributed by atoms with Crippen LogP contribution in [0.2, 0.25) is 0 Å². The van der Waals surface area contributed by atoms with E-state index in [2.05, 4.69) is 9.97 Å². The first kappa shape index (κ1) is 14.5. The van der Waals surface area contributed by atoms with Crippen LogP contribution < -0.4 is 0 Å². The molecule has 0 saturated heterocycles. The number of Topliss-reactive ketones (excluding diaryl/α,β-unsaturated/α-hetero) is 1. The number of carbonyl (C=O) groups is 1. The molecule has 0 fully saturated rings. The molecule has 0 saturated carbocycles. The van der Waals surface area contributed by atoms with Gasteiger partial charge in [0.2, 0.25) is 0 Å². The van der Waals surface area contributed by atoms with Gasteiger partial charge in [0.25, 0.3) is 0 Å². The quantitative estimate of drug-likeness (QED) is 0.569. The number of hydrogen-bond donors (Lipinski definition) is 0. The Labute approximate surface area is 140 Å². The second-order valence-electron chi connectivity index (χ2n) is 5.88. The summed E-state index contributed by atoms with van der Waals surface area (Å²) in [5, 5.41) is 2.18. The van der Waals surface area contributed by atoms with Crippen molar-refractivity contribution in [2.45, 2.75) is 12.8 Å². The average molecular weight is 312 g/mol. The Kier molecular flexibility index (Phi) is 3.75. The van der Waals surface area contributed by atoms with Gasteiger partial charge in [-0.05, 0) is 24.3 Å². The van der Waals surface area contributed by atoms with E-state index in [9.17, 15) is 4.79 Å².